The summed E-state index contributed by atoms with van der Waals surface area (Å²) < 4.78 is 0. The molecule has 0 aliphatic carbocycles. The average molecular weight is 226 g/mol. The van der Waals surface area contributed by atoms with Crippen molar-refractivity contribution in [3.05, 3.63) is 59.7 Å². The van der Waals surface area contributed by atoms with Gasteiger partial charge in [-0.1, -0.05) is 61.9 Å². The van der Waals surface area contributed by atoms with E-state index in [-0.39, 0.29) is 6.61 Å². The van der Waals surface area contributed by atoms with Gasteiger partial charge in [-0.05, 0) is 28.7 Å². The van der Waals surface area contributed by atoms with Gasteiger partial charge in [-0.25, -0.2) is 0 Å². The molecule has 0 aromatic heterocycles. The predicted molar refractivity (Wildman–Crippen MR) is 71.8 cm³/mol. The molecule has 17 heavy (non-hydrogen) atoms. The van der Waals surface area contributed by atoms with Crippen molar-refractivity contribution in [3.8, 4) is 11.1 Å². The van der Waals surface area contributed by atoms with Crippen molar-refractivity contribution in [3.63, 3.8) is 0 Å². The summed E-state index contributed by atoms with van der Waals surface area (Å²) in [5, 5.41) is 9.40. The first kappa shape index (κ1) is 11.9. The molecule has 0 amide bonds. The van der Waals surface area contributed by atoms with E-state index in [9.17, 15) is 5.11 Å². The Morgan fingerprint density at radius 3 is 2.41 bits per heavy atom. The zero-order chi connectivity index (χ0) is 12.1. The van der Waals surface area contributed by atoms with E-state index < -0.39 is 0 Å². The summed E-state index contributed by atoms with van der Waals surface area (Å²) in [5.74, 6) is 0. The van der Waals surface area contributed by atoms with Crippen molar-refractivity contribution in [1.29, 1.82) is 0 Å². The van der Waals surface area contributed by atoms with E-state index in [4.69, 9.17) is 0 Å². The van der Waals surface area contributed by atoms with Gasteiger partial charge in [0.15, 0.2) is 0 Å². The van der Waals surface area contributed by atoms with Gasteiger partial charge >= 0.3 is 0 Å². The standard InChI is InChI=1S/C16H18O/c1-2-6-13-9-10-15(12-17)16(11-13)14-7-4-3-5-8-14/h3-5,7-11,17H,2,6,12H2,1H3. The van der Waals surface area contributed by atoms with Crippen LogP contribution in [0.5, 0.6) is 0 Å². The Morgan fingerprint density at radius 1 is 1.00 bits per heavy atom. The van der Waals surface area contributed by atoms with Crippen LogP contribution in [0.2, 0.25) is 0 Å². The first-order chi connectivity index (χ1) is 8.35. The Hall–Kier alpha value is -1.60. The Kier molecular flexibility index (Phi) is 3.94. The van der Waals surface area contributed by atoms with Gasteiger partial charge in [0.25, 0.3) is 0 Å². The molecule has 1 heteroatoms. The van der Waals surface area contributed by atoms with Crippen LogP contribution in [0.15, 0.2) is 48.5 Å². The lowest BCUT2D eigenvalue weighted by molar-refractivity contribution is 0.282. The predicted octanol–water partition coefficient (Wildman–Crippen LogP) is 3.80. The minimum Gasteiger partial charge on any atom is -0.392 e. The van der Waals surface area contributed by atoms with Crippen LogP contribution < -0.4 is 0 Å². The second kappa shape index (κ2) is 5.65. The van der Waals surface area contributed by atoms with Crippen LogP contribution in [0, 0.1) is 0 Å². The molecule has 0 saturated carbocycles. The van der Waals surface area contributed by atoms with Gasteiger partial charge in [0, 0.05) is 0 Å². The third-order valence-corrected chi connectivity index (χ3v) is 2.97. The first-order valence-corrected chi connectivity index (χ1v) is 6.13. The number of rotatable bonds is 4. The molecule has 0 unspecified atom stereocenters. The molecule has 0 spiro atoms. The Balaban J connectivity index is 2.46. The van der Waals surface area contributed by atoms with Crippen LogP contribution in [-0.2, 0) is 13.0 Å². The lowest BCUT2D eigenvalue weighted by atomic mass is 9.96. The van der Waals surface area contributed by atoms with Crippen LogP contribution in [-0.4, -0.2) is 5.11 Å². The van der Waals surface area contributed by atoms with Gasteiger partial charge in [-0.3, -0.25) is 0 Å². The molecule has 0 radical (unpaired) electrons. The van der Waals surface area contributed by atoms with Crippen molar-refractivity contribution in [2.24, 2.45) is 0 Å². The fraction of sp³-hybridized carbons (Fsp3) is 0.250. The second-order valence-corrected chi connectivity index (χ2v) is 4.27. The molecule has 0 atom stereocenters. The maximum atomic E-state index is 9.40. The first-order valence-electron chi connectivity index (χ1n) is 6.13. The number of aliphatic hydroxyl groups excluding tert-OH is 1. The van der Waals surface area contributed by atoms with E-state index in [0.717, 1.165) is 24.0 Å². The smallest absolute Gasteiger partial charge is 0.0687 e. The van der Waals surface area contributed by atoms with Crippen LogP contribution in [0.25, 0.3) is 11.1 Å². The van der Waals surface area contributed by atoms with Gasteiger partial charge in [-0.15, -0.1) is 0 Å². The van der Waals surface area contributed by atoms with Crippen molar-refractivity contribution in [1.82, 2.24) is 0 Å². The molecule has 0 heterocycles. The highest BCUT2D eigenvalue weighted by Gasteiger charge is 2.05. The van der Waals surface area contributed by atoms with Crippen LogP contribution in [0.4, 0.5) is 0 Å². The summed E-state index contributed by atoms with van der Waals surface area (Å²) >= 11 is 0. The number of aliphatic hydroxyl groups is 1. The molecule has 2 rings (SSSR count). The minimum atomic E-state index is 0.0939. The molecular weight excluding hydrogens is 208 g/mol. The van der Waals surface area contributed by atoms with Gasteiger partial charge in [-0.2, -0.15) is 0 Å². The number of hydrogen-bond acceptors (Lipinski definition) is 1. The molecular formula is C16H18O. The monoisotopic (exact) mass is 226 g/mol. The lowest BCUT2D eigenvalue weighted by Gasteiger charge is -2.10. The van der Waals surface area contributed by atoms with E-state index in [2.05, 4.69) is 31.2 Å². The molecule has 1 nitrogen and oxygen atoms in total. The molecule has 2 aromatic carbocycles. The Labute approximate surface area is 103 Å². The third-order valence-electron chi connectivity index (χ3n) is 2.97. The van der Waals surface area contributed by atoms with E-state index >= 15 is 0 Å². The fourth-order valence-corrected chi connectivity index (χ4v) is 2.09. The van der Waals surface area contributed by atoms with E-state index in [0.29, 0.717) is 0 Å². The lowest BCUT2D eigenvalue weighted by Crippen LogP contribution is -1.92. The molecule has 0 fully saturated rings. The number of benzene rings is 2. The van der Waals surface area contributed by atoms with E-state index in [1.807, 2.05) is 24.3 Å². The molecule has 0 bridgehead atoms. The quantitative estimate of drug-likeness (QED) is 0.840. The molecule has 0 aliphatic heterocycles. The topological polar surface area (TPSA) is 20.2 Å². The van der Waals surface area contributed by atoms with E-state index in [1.54, 1.807) is 0 Å². The fourth-order valence-electron chi connectivity index (χ4n) is 2.09. The summed E-state index contributed by atoms with van der Waals surface area (Å²) in [5.41, 5.74) is 4.66. The Morgan fingerprint density at radius 2 is 1.76 bits per heavy atom. The van der Waals surface area contributed by atoms with E-state index in [1.165, 1.54) is 11.1 Å². The van der Waals surface area contributed by atoms with Crippen molar-refractivity contribution < 1.29 is 5.11 Å². The summed E-state index contributed by atoms with van der Waals surface area (Å²) in [6.07, 6.45) is 2.23. The highest BCUT2D eigenvalue weighted by molar-refractivity contribution is 5.68. The summed E-state index contributed by atoms with van der Waals surface area (Å²) in [6, 6.07) is 16.6. The maximum Gasteiger partial charge on any atom is 0.0687 e. The summed E-state index contributed by atoms with van der Waals surface area (Å²) in [4.78, 5) is 0. The highest BCUT2D eigenvalue weighted by Crippen LogP contribution is 2.25. The van der Waals surface area contributed by atoms with Crippen molar-refractivity contribution in [2.45, 2.75) is 26.4 Å². The van der Waals surface area contributed by atoms with Crippen LogP contribution >= 0.6 is 0 Å². The van der Waals surface area contributed by atoms with Gasteiger partial charge in [0.1, 0.15) is 0 Å². The summed E-state index contributed by atoms with van der Waals surface area (Å²) in [7, 11) is 0. The van der Waals surface area contributed by atoms with Crippen molar-refractivity contribution >= 4 is 0 Å². The molecule has 88 valence electrons. The molecule has 2 aromatic rings. The maximum absolute atomic E-state index is 9.40. The molecule has 1 N–H and O–H groups in total. The normalized spacial score (nSPS) is 10.5. The highest BCUT2D eigenvalue weighted by atomic mass is 16.3. The van der Waals surface area contributed by atoms with Crippen LogP contribution in [0.1, 0.15) is 24.5 Å². The van der Waals surface area contributed by atoms with Gasteiger partial charge < -0.3 is 5.11 Å². The van der Waals surface area contributed by atoms with Gasteiger partial charge in [0.05, 0.1) is 6.61 Å². The largest absolute Gasteiger partial charge is 0.392 e. The third kappa shape index (κ3) is 2.75. The molecule has 0 saturated heterocycles. The zero-order valence-corrected chi connectivity index (χ0v) is 10.2. The van der Waals surface area contributed by atoms with Gasteiger partial charge in [0.2, 0.25) is 0 Å². The van der Waals surface area contributed by atoms with Crippen molar-refractivity contribution in [2.75, 3.05) is 0 Å². The minimum absolute atomic E-state index is 0.0939. The molecule has 0 aliphatic rings. The summed E-state index contributed by atoms with van der Waals surface area (Å²) in [6.45, 7) is 2.28. The second-order valence-electron chi connectivity index (χ2n) is 4.27. The average Bonchev–Trinajstić information content (AvgIpc) is 2.40. The zero-order valence-electron chi connectivity index (χ0n) is 10.2. The van der Waals surface area contributed by atoms with Crippen LogP contribution in [0.3, 0.4) is 0 Å². The number of hydrogen-bond donors (Lipinski definition) is 1. The Bertz CT molecular complexity index is 474. The number of aryl methyl sites for hydroxylation is 1. The SMILES string of the molecule is CCCc1ccc(CO)c(-c2ccccc2)c1.